The quantitative estimate of drug-likeness (QED) is 0.823. The number of benzene rings is 1. The first-order valence-corrected chi connectivity index (χ1v) is 5.37. The second-order valence-electron chi connectivity index (χ2n) is 3.76. The third-order valence-electron chi connectivity index (χ3n) is 2.67. The standard InChI is InChI=1S/C12H16N4O/c1-17-11-4-2-9(3-5-11)8-16-12(14)10(6-13)7-15-16/h2-5,7H,6,8,13-14H2,1H3. The first kappa shape index (κ1) is 11.5. The van der Waals surface area contributed by atoms with Gasteiger partial charge in [0.1, 0.15) is 11.6 Å². The van der Waals surface area contributed by atoms with E-state index in [-0.39, 0.29) is 0 Å². The van der Waals surface area contributed by atoms with Gasteiger partial charge in [-0.15, -0.1) is 0 Å². The number of nitrogens with zero attached hydrogens (tertiary/aromatic N) is 2. The Bertz CT molecular complexity index is 490. The molecule has 0 bridgehead atoms. The van der Waals surface area contributed by atoms with Gasteiger partial charge in [-0.25, -0.2) is 4.68 Å². The number of aromatic nitrogens is 2. The molecule has 1 aromatic carbocycles. The van der Waals surface area contributed by atoms with Gasteiger partial charge in [0.15, 0.2) is 0 Å². The average molecular weight is 232 g/mol. The van der Waals surface area contributed by atoms with Crippen LogP contribution in [0.4, 0.5) is 5.82 Å². The number of rotatable bonds is 4. The van der Waals surface area contributed by atoms with Gasteiger partial charge in [0.2, 0.25) is 0 Å². The molecule has 0 atom stereocenters. The van der Waals surface area contributed by atoms with Crippen LogP contribution < -0.4 is 16.2 Å². The third kappa shape index (κ3) is 2.39. The molecule has 0 aliphatic carbocycles. The van der Waals surface area contributed by atoms with Crippen molar-refractivity contribution in [2.24, 2.45) is 5.73 Å². The van der Waals surface area contributed by atoms with Crippen LogP contribution in [0.1, 0.15) is 11.1 Å². The van der Waals surface area contributed by atoms with Crippen LogP contribution in [0.25, 0.3) is 0 Å². The zero-order valence-electron chi connectivity index (χ0n) is 9.76. The SMILES string of the molecule is COc1ccc(Cn2ncc(CN)c2N)cc1. The molecule has 0 amide bonds. The van der Waals surface area contributed by atoms with Crippen molar-refractivity contribution in [1.29, 1.82) is 0 Å². The van der Waals surface area contributed by atoms with E-state index >= 15 is 0 Å². The molecule has 0 aliphatic heterocycles. The minimum Gasteiger partial charge on any atom is -0.497 e. The Morgan fingerprint density at radius 2 is 2.00 bits per heavy atom. The van der Waals surface area contributed by atoms with Crippen molar-refractivity contribution in [3.05, 3.63) is 41.6 Å². The van der Waals surface area contributed by atoms with Gasteiger partial charge in [-0.05, 0) is 17.7 Å². The second-order valence-corrected chi connectivity index (χ2v) is 3.76. The van der Waals surface area contributed by atoms with Crippen molar-refractivity contribution in [3.63, 3.8) is 0 Å². The van der Waals surface area contributed by atoms with E-state index in [1.165, 1.54) is 0 Å². The van der Waals surface area contributed by atoms with E-state index < -0.39 is 0 Å². The number of hydrogen-bond donors (Lipinski definition) is 2. The Morgan fingerprint density at radius 1 is 1.29 bits per heavy atom. The van der Waals surface area contributed by atoms with Gasteiger partial charge in [0, 0.05) is 12.1 Å². The van der Waals surface area contributed by atoms with Crippen molar-refractivity contribution in [2.45, 2.75) is 13.1 Å². The molecule has 2 aromatic rings. The molecule has 0 radical (unpaired) electrons. The minimum atomic E-state index is 0.411. The third-order valence-corrected chi connectivity index (χ3v) is 2.67. The predicted octanol–water partition coefficient (Wildman–Crippen LogP) is 0.981. The highest BCUT2D eigenvalue weighted by molar-refractivity contribution is 5.39. The van der Waals surface area contributed by atoms with E-state index in [9.17, 15) is 0 Å². The lowest BCUT2D eigenvalue weighted by Gasteiger charge is -2.06. The molecule has 5 nitrogen and oxygen atoms in total. The van der Waals surface area contributed by atoms with Crippen molar-refractivity contribution >= 4 is 5.82 Å². The molecule has 0 aliphatic rings. The van der Waals surface area contributed by atoms with E-state index in [0.29, 0.717) is 18.9 Å². The molecule has 0 fully saturated rings. The molecule has 0 saturated heterocycles. The van der Waals surface area contributed by atoms with Crippen LogP contribution in [0.5, 0.6) is 5.75 Å². The van der Waals surface area contributed by atoms with Crippen molar-refractivity contribution in [1.82, 2.24) is 9.78 Å². The summed E-state index contributed by atoms with van der Waals surface area (Å²) in [4.78, 5) is 0. The first-order valence-electron chi connectivity index (χ1n) is 5.37. The zero-order chi connectivity index (χ0) is 12.3. The van der Waals surface area contributed by atoms with Crippen LogP contribution in [0.2, 0.25) is 0 Å². The fourth-order valence-electron chi connectivity index (χ4n) is 1.62. The van der Waals surface area contributed by atoms with E-state index in [4.69, 9.17) is 16.2 Å². The van der Waals surface area contributed by atoms with Gasteiger partial charge >= 0.3 is 0 Å². The summed E-state index contributed by atoms with van der Waals surface area (Å²) in [7, 11) is 1.65. The highest BCUT2D eigenvalue weighted by Crippen LogP contribution is 2.15. The van der Waals surface area contributed by atoms with Gasteiger partial charge in [-0.3, -0.25) is 0 Å². The predicted molar refractivity (Wildman–Crippen MR) is 66.6 cm³/mol. The van der Waals surface area contributed by atoms with Crippen LogP contribution in [-0.4, -0.2) is 16.9 Å². The Morgan fingerprint density at radius 3 is 2.53 bits per heavy atom. The number of methoxy groups -OCH3 is 1. The zero-order valence-corrected chi connectivity index (χ0v) is 9.76. The fraction of sp³-hybridized carbons (Fsp3) is 0.250. The van der Waals surface area contributed by atoms with E-state index in [1.807, 2.05) is 24.3 Å². The summed E-state index contributed by atoms with van der Waals surface area (Å²) in [5, 5.41) is 4.20. The van der Waals surface area contributed by atoms with Gasteiger partial charge in [-0.1, -0.05) is 12.1 Å². The lowest BCUT2D eigenvalue weighted by molar-refractivity contribution is 0.414. The van der Waals surface area contributed by atoms with Crippen LogP contribution in [0, 0.1) is 0 Å². The van der Waals surface area contributed by atoms with Crippen molar-refractivity contribution in [3.8, 4) is 5.75 Å². The topological polar surface area (TPSA) is 79.1 Å². The maximum Gasteiger partial charge on any atom is 0.126 e. The monoisotopic (exact) mass is 232 g/mol. The smallest absolute Gasteiger partial charge is 0.126 e. The fourth-order valence-corrected chi connectivity index (χ4v) is 1.62. The Kier molecular flexibility index (Phi) is 3.30. The molecule has 1 heterocycles. The summed E-state index contributed by atoms with van der Waals surface area (Å²) < 4.78 is 6.84. The normalized spacial score (nSPS) is 10.5. The molecule has 0 saturated carbocycles. The summed E-state index contributed by atoms with van der Waals surface area (Å²) in [6.45, 7) is 1.05. The van der Waals surface area contributed by atoms with Gasteiger partial charge in [0.05, 0.1) is 19.9 Å². The molecule has 2 rings (SSSR count). The van der Waals surface area contributed by atoms with Gasteiger partial charge < -0.3 is 16.2 Å². The largest absolute Gasteiger partial charge is 0.497 e. The molecular weight excluding hydrogens is 216 g/mol. The number of nitrogen functional groups attached to an aromatic ring is 1. The van der Waals surface area contributed by atoms with Gasteiger partial charge in [0.25, 0.3) is 0 Å². The lowest BCUT2D eigenvalue weighted by atomic mass is 10.2. The van der Waals surface area contributed by atoms with E-state index in [0.717, 1.165) is 16.9 Å². The van der Waals surface area contributed by atoms with E-state index in [2.05, 4.69) is 5.10 Å². The number of anilines is 1. The number of hydrogen-bond acceptors (Lipinski definition) is 4. The van der Waals surface area contributed by atoms with Crippen LogP contribution >= 0.6 is 0 Å². The van der Waals surface area contributed by atoms with Crippen LogP contribution in [0.3, 0.4) is 0 Å². The van der Waals surface area contributed by atoms with Crippen LogP contribution in [-0.2, 0) is 13.1 Å². The number of nitrogens with two attached hydrogens (primary N) is 2. The molecule has 0 unspecified atom stereocenters. The summed E-state index contributed by atoms with van der Waals surface area (Å²) in [5.41, 5.74) is 13.4. The molecule has 17 heavy (non-hydrogen) atoms. The molecule has 0 spiro atoms. The molecule has 1 aromatic heterocycles. The summed E-state index contributed by atoms with van der Waals surface area (Å²) in [6, 6.07) is 7.81. The van der Waals surface area contributed by atoms with Gasteiger partial charge in [-0.2, -0.15) is 5.10 Å². The maximum atomic E-state index is 5.91. The Labute approximate surface area is 100.0 Å². The lowest BCUT2D eigenvalue weighted by Crippen LogP contribution is -2.07. The molecule has 90 valence electrons. The second kappa shape index (κ2) is 4.88. The first-order chi connectivity index (χ1) is 8.24. The molecular formula is C12H16N4O. The average Bonchev–Trinajstić information content (AvgIpc) is 2.71. The summed E-state index contributed by atoms with van der Waals surface area (Å²) in [6.07, 6.45) is 1.71. The summed E-state index contributed by atoms with van der Waals surface area (Å²) in [5.74, 6) is 1.47. The Balaban J connectivity index is 2.16. The van der Waals surface area contributed by atoms with Crippen molar-refractivity contribution < 1.29 is 4.74 Å². The number of ether oxygens (including phenoxy) is 1. The van der Waals surface area contributed by atoms with Crippen LogP contribution in [0.15, 0.2) is 30.5 Å². The Hall–Kier alpha value is -2.01. The summed E-state index contributed by atoms with van der Waals surface area (Å²) >= 11 is 0. The van der Waals surface area contributed by atoms with E-state index in [1.54, 1.807) is 18.0 Å². The maximum absolute atomic E-state index is 5.91. The van der Waals surface area contributed by atoms with Crippen molar-refractivity contribution in [2.75, 3.05) is 12.8 Å². The molecule has 4 N–H and O–H groups in total. The minimum absolute atomic E-state index is 0.411. The highest BCUT2D eigenvalue weighted by atomic mass is 16.5. The highest BCUT2D eigenvalue weighted by Gasteiger charge is 2.06. The molecule has 5 heteroatoms.